The third-order valence-electron chi connectivity index (χ3n) is 2.02. The molecule has 0 spiro atoms. The second-order valence-electron chi connectivity index (χ2n) is 4.38. The monoisotopic (exact) mass is 186 g/mol. The van der Waals surface area contributed by atoms with E-state index in [4.69, 9.17) is 5.73 Å². The van der Waals surface area contributed by atoms with Gasteiger partial charge >= 0.3 is 0 Å². The molecule has 0 aromatic carbocycles. The number of hydrogen-bond donors (Lipinski definition) is 1. The third-order valence-corrected chi connectivity index (χ3v) is 2.02. The molecule has 0 unspecified atom stereocenters. The van der Waals surface area contributed by atoms with Crippen LogP contribution in [0.15, 0.2) is 0 Å². The summed E-state index contributed by atoms with van der Waals surface area (Å²) in [5.41, 5.74) is 5.75. The fourth-order valence-electron chi connectivity index (χ4n) is 1.18. The zero-order chi connectivity index (χ0) is 10.6. The van der Waals surface area contributed by atoms with Crippen LogP contribution in [0.2, 0.25) is 0 Å². The van der Waals surface area contributed by atoms with Crippen LogP contribution in [0.3, 0.4) is 0 Å². The van der Waals surface area contributed by atoms with Crippen LogP contribution in [0.4, 0.5) is 0 Å². The summed E-state index contributed by atoms with van der Waals surface area (Å²) in [6.45, 7) is 8.88. The zero-order valence-corrected chi connectivity index (χ0v) is 9.37. The topological polar surface area (TPSA) is 46.3 Å². The van der Waals surface area contributed by atoms with Crippen molar-refractivity contribution >= 4 is 5.91 Å². The quantitative estimate of drug-likeness (QED) is 0.714. The lowest BCUT2D eigenvalue weighted by atomic mass is 10.0. The standard InChI is InChI=1S/C10H22N2O/c1-7(2)6-12(5)10(13)9(11)8(3)4/h7-9H,6,11H2,1-5H3/t9-/m0/s1. The molecule has 0 radical (unpaired) electrons. The van der Waals surface area contributed by atoms with Crippen molar-refractivity contribution in [2.75, 3.05) is 13.6 Å². The maximum atomic E-state index is 11.6. The molecule has 0 aromatic rings. The molecule has 0 heterocycles. The molecule has 0 bridgehead atoms. The van der Waals surface area contributed by atoms with Crippen molar-refractivity contribution in [3.63, 3.8) is 0 Å². The highest BCUT2D eigenvalue weighted by molar-refractivity contribution is 5.81. The maximum absolute atomic E-state index is 11.6. The molecule has 2 N–H and O–H groups in total. The molecule has 13 heavy (non-hydrogen) atoms. The fourth-order valence-corrected chi connectivity index (χ4v) is 1.18. The molecule has 0 saturated heterocycles. The van der Waals surface area contributed by atoms with Gasteiger partial charge in [-0.3, -0.25) is 4.79 Å². The Morgan fingerprint density at radius 3 is 2.08 bits per heavy atom. The van der Waals surface area contributed by atoms with Gasteiger partial charge in [0, 0.05) is 13.6 Å². The molecule has 3 heteroatoms. The van der Waals surface area contributed by atoms with Gasteiger partial charge in [0.15, 0.2) is 0 Å². The maximum Gasteiger partial charge on any atom is 0.239 e. The van der Waals surface area contributed by atoms with Crippen molar-refractivity contribution in [2.24, 2.45) is 17.6 Å². The molecule has 0 rings (SSSR count). The van der Waals surface area contributed by atoms with Gasteiger partial charge in [-0.2, -0.15) is 0 Å². The van der Waals surface area contributed by atoms with Crippen LogP contribution < -0.4 is 5.73 Å². The smallest absolute Gasteiger partial charge is 0.239 e. The number of likely N-dealkylation sites (N-methyl/N-ethyl adjacent to an activating group) is 1. The van der Waals surface area contributed by atoms with Crippen LogP contribution in [-0.2, 0) is 4.79 Å². The first-order valence-corrected chi connectivity index (χ1v) is 4.86. The van der Waals surface area contributed by atoms with Crippen molar-refractivity contribution in [2.45, 2.75) is 33.7 Å². The number of hydrogen-bond acceptors (Lipinski definition) is 2. The van der Waals surface area contributed by atoms with Crippen molar-refractivity contribution in [3.05, 3.63) is 0 Å². The van der Waals surface area contributed by atoms with Crippen LogP contribution in [0.25, 0.3) is 0 Å². The summed E-state index contributed by atoms with van der Waals surface area (Å²) in [4.78, 5) is 13.3. The van der Waals surface area contributed by atoms with Crippen LogP contribution in [-0.4, -0.2) is 30.4 Å². The van der Waals surface area contributed by atoms with Crippen LogP contribution in [0.1, 0.15) is 27.7 Å². The van der Waals surface area contributed by atoms with E-state index in [-0.39, 0.29) is 17.9 Å². The van der Waals surface area contributed by atoms with E-state index in [1.807, 2.05) is 20.9 Å². The number of rotatable bonds is 4. The first-order chi connectivity index (χ1) is 5.86. The van der Waals surface area contributed by atoms with Gasteiger partial charge in [0.25, 0.3) is 0 Å². The molecule has 0 fully saturated rings. The van der Waals surface area contributed by atoms with Gasteiger partial charge in [0.2, 0.25) is 5.91 Å². The third kappa shape index (κ3) is 4.27. The number of carbonyl (C=O) groups excluding carboxylic acids is 1. The summed E-state index contributed by atoms with van der Waals surface area (Å²) < 4.78 is 0. The van der Waals surface area contributed by atoms with E-state index in [1.54, 1.807) is 4.90 Å². The molecule has 0 aliphatic heterocycles. The van der Waals surface area contributed by atoms with E-state index >= 15 is 0 Å². The van der Waals surface area contributed by atoms with Gasteiger partial charge < -0.3 is 10.6 Å². The van der Waals surface area contributed by atoms with E-state index in [0.29, 0.717) is 5.92 Å². The molecule has 0 aliphatic rings. The summed E-state index contributed by atoms with van der Waals surface area (Å²) in [6, 6.07) is -0.358. The summed E-state index contributed by atoms with van der Waals surface area (Å²) >= 11 is 0. The van der Waals surface area contributed by atoms with Crippen molar-refractivity contribution in [3.8, 4) is 0 Å². The van der Waals surface area contributed by atoms with E-state index in [9.17, 15) is 4.79 Å². The second kappa shape index (κ2) is 5.22. The molecule has 3 nitrogen and oxygen atoms in total. The minimum absolute atomic E-state index is 0.0451. The molecule has 0 aromatic heterocycles. The Hall–Kier alpha value is -0.570. The Kier molecular flexibility index (Phi) is 4.99. The Bertz CT molecular complexity index is 166. The average Bonchev–Trinajstić information content (AvgIpc) is 2.00. The summed E-state index contributed by atoms with van der Waals surface area (Å²) in [6.07, 6.45) is 0. The lowest BCUT2D eigenvalue weighted by Gasteiger charge is -2.24. The number of carbonyl (C=O) groups is 1. The Morgan fingerprint density at radius 2 is 1.77 bits per heavy atom. The number of nitrogens with zero attached hydrogens (tertiary/aromatic N) is 1. The van der Waals surface area contributed by atoms with Gasteiger partial charge in [0.1, 0.15) is 0 Å². The lowest BCUT2D eigenvalue weighted by molar-refractivity contribution is -0.132. The van der Waals surface area contributed by atoms with Crippen molar-refractivity contribution < 1.29 is 4.79 Å². The van der Waals surface area contributed by atoms with Crippen LogP contribution in [0, 0.1) is 11.8 Å². The predicted octanol–water partition coefficient (Wildman–Crippen LogP) is 1.08. The van der Waals surface area contributed by atoms with Gasteiger partial charge in [-0.1, -0.05) is 27.7 Å². The minimum atomic E-state index is -0.358. The molecule has 1 amide bonds. The highest BCUT2D eigenvalue weighted by Crippen LogP contribution is 2.04. The van der Waals surface area contributed by atoms with E-state index in [1.165, 1.54) is 0 Å². The van der Waals surface area contributed by atoms with Gasteiger partial charge in [0.05, 0.1) is 6.04 Å². The molecular formula is C10H22N2O. The Labute approximate surface area is 81.3 Å². The predicted molar refractivity (Wildman–Crippen MR) is 55.3 cm³/mol. The fraction of sp³-hybridized carbons (Fsp3) is 0.900. The highest BCUT2D eigenvalue weighted by Gasteiger charge is 2.20. The summed E-state index contributed by atoms with van der Waals surface area (Å²) in [5.74, 6) is 0.749. The summed E-state index contributed by atoms with van der Waals surface area (Å²) in [5, 5.41) is 0. The highest BCUT2D eigenvalue weighted by atomic mass is 16.2. The van der Waals surface area contributed by atoms with Crippen LogP contribution >= 0.6 is 0 Å². The largest absolute Gasteiger partial charge is 0.344 e. The number of amides is 1. The molecule has 78 valence electrons. The Balaban J connectivity index is 4.09. The second-order valence-corrected chi connectivity index (χ2v) is 4.38. The molecule has 1 atom stereocenters. The Morgan fingerprint density at radius 1 is 1.31 bits per heavy atom. The lowest BCUT2D eigenvalue weighted by Crippen LogP contribution is -2.45. The molecular weight excluding hydrogens is 164 g/mol. The minimum Gasteiger partial charge on any atom is -0.344 e. The molecule has 0 aliphatic carbocycles. The van der Waals surface area contributed by atoms with Crippen molar-refractivity contribution in [1.82, 2.24) is 4.90 Å². The van der Waals surface area contributed by atoms with E-state index < -0.39 is 0 Å². The van der Waals surface area contributed by atoms with Crippen LogP contribution in [0.5, 0.6) is 0 Å². The average molecular weight is 186 g/mol. The first kappa shape index (κ1) is 12.4. The van der Waals surface area contributed by atoms with E-state index in [2.05, 4.69) is 13.8 Å². The normalized spacial score (nSPS) is 13.5. The van der Waals surface area contributed by atoms with Gasteiger partial charge in [-0.05, 0) is 11.8 Å². The van der Waals surface area contributed by atoms with Crippen molar-refractivity contribution in [1.29, 1.82) is 0 Å². The number of nitrogens with two attached hydrogens (primary N) is 1. The first-order valence-electron chi connectivity index (χ1n) is 4.86. The van der Waals surface area contributed by atoms with E-state index in [0.717, 1.165) is 6.54 Å². The summed E-state index contributed by atoms with van der Waals surface area (Å²) in [7, 11) is 1.81. The molecule has 0 saturated carbocycles. The SMILES string of the molecule is CC(C)CN(C)C(=O)[C@@H](N)C(C)C. The van der Waals surface area contributed by atoms with Gasteiger partial charge in [-0.15, -0.1) is 0 Å². The van der Waals surface area contributed by atoms with Gasteiger partial charge in [-0.25, -0.2) is 0 Å². The zero-order valence-electron chi connectivity index (χ0n) is 9.37.